The fourth-order valence-corrected chi connectivity index (χ4v) is 8.54. The van der Waals surface area contributed by atoms with Crippen molar-refractivity contribution in [2.45, 2.75) is 0 Å². The Kier molecular flexibility index (Phi) is 7.20. The zero-order valence-electron chi connectivity index (χ0n) is 29.7. The van der Waals surface area contributed by atoms with Crippen LogP contribution in [-0.4, -0.2) is 11.7 Å². The van der Waals surface area contributed by atoms with Gasteiger partial charge in [0.05, 0.1) is 11.4 Å². The van der Waals surface area contributed by atoms with E-state index in [0.717, 1.165) is 95.2 Å². The summed E-state index contributed by atoms with van der Waals surface area (Å²) < 4.78 is 13.9. The van der Waals surface area contributed by atoms with Gasteiger partial charge in [-0.1, -0.05) is 115 Å². The monoisotopic (exact) mass is 705 g/mol. The van der Waals surface area contributed by atoms with Gasteiger partial charge in [0.25, 0.3) is 6.71 Å². The Morgan fingerprint density at radius 1 is 0.364 bits per heavy atom. The molecule has 0 amide bonds. The molecule has 0 aliphatic carbocycles. The Morgan fingerprint density at radius 2 is 0.800 bits per heavy atom. The Morgan fingerprint density at radius 3 is 1.29 bits per heavy atom. The van der Waals surface area contributed by atoms with Crippen molar-refractivity contribution in [3.05, 3.63) is 194 Å². The summed E-state index contributed by atoms with van der Waals surface area (Å²) in [5.74, 6) is 4.08. The third-order valence-corrected chi connectivity index (χ3v) is 10.8. The second kappa shape index (κ2) is 12.7. The molecule has 0 saturated carbocycles. The molecule has 0 radical (unpaired) electrons. The number of nitrogens with zero attached hydrogens (tertiary/aromatic N) is 3. The third kappa shape index (κ3) is 4.99. The van der Waals surface area contributed by atoms with Crippen LogP contribution in [0.25, 0.3) is 21.5 Å². The molecule has 0 saturated heterocycles. The highest BCUT2D eigenvalue weighted by molar-refractivity contribution is 7.01. The lowest BCUT2D eigenvalue weighted by Gasteiger charge is -2.36. The van der Waals surface area contributed by atoms with Crippen LogP contribution in [0.4, 0.5) is 34.3 Å². The van der Waals surface area contributed by atoms with E-state index in [0.29, 0.717) is 0 Å². The molecule has 0 atom stereocenters. The largest absolute Gasteiger partial charge is 0.458 e. The Bertz CT molecular complexity index is 2620. The first-order valence-electron chi connectivity index (χ1n) is 18.6. The smallest absolute Gasteiger partial charge is 0.262 e. The van der Waals surface area contributed by atoms with Gasteiger partial charge in [0.15, 0.2) is 0 Å². The van der Waals surface area contributed by atoms with Crippen LogP contribution in [0.5, 0.6) is 23.0 Å². The first-order chi connectivity index (χ1) is 27.3. The first kappa shape index (κ1) is 31.2. The molecule has 0 fully saturated rings. The van der Waals surface area contributed by atoms with Gasteiger partial charge in [-0.2, -0.15) is 0 Å². The molecule has 1 aromatic heterocycles. The summed E-state index contributed by atoms with van der Waals surface area (Å²) in [6, 6.07) is 65.6. The van der Waals surface area contributed by atoms with E-state index < -0.39 is 0 Å². The number of ether oxygens (including phenoxy) is 2. The second-order valence-electron chi connectivity index (χ2n) is 13.9. The lowest BCUT2D eigenvalue weighted by atomic mass is 9.33. The summed E-state index contributed by atoms with van der Waals surface area (Å²) in [5.41, 5.74) is 8.50. The Labute approximate surface area is 319 Å². The fourth-order valence-electron chi connectivity index (χ4n) is 8.54. The van der Waals surface area contributed by atoms with Gasteiger partial charge in [0.2, 0.25) is 0 Å². The molecule has 8 aromatic carbocycles. The van der Waals surface area contributed by atoms with Crippen LogP contribution in [0.3, 0.4) is 0 Å². The van der Waals surface area contributed by atoms with Crippen LogP contribution in [0.15, 0.2) is 194 Å². The topological polar surface area (TPSA) is 37.8 Å². The summed E-state index contributed by atoms with van der Waals surface area (Å²) in [4.78, 5) is 9.38. The van der Waals surface area contributed by atoms with Crippen molar-refractivity contribution in [3.63, 3.8) is 0 Å². The number of rotatable bonds is 6. The molecular formula is C49H32BN3O2. The van der Waals surface area contributed by atoms with Crippen molar-refractivity contribution in [1.29, 1.82) is 0 Å². The van der Waals surface area contributed by atoms with E-state index in [1.807, 2.05) is 30.5 Å². The van der Waals surface area contributed by atoms with E-state index in [1.165, 1.54) is 0 Å². The molecule has 5 nitrogen and oxygen atoms in total. The molecule has 3 heterocycles. The van der Waals surface area contributed by atoms with Gasteiger partial charge in [-0.05, 0) is 82.4 Å². The minimum atomic E-state index is -0.154. The Balaban J connectivity index is 1.19. The van der Waals surface area contributed by atoms with Gasteiger partial charge < -0.3 is 14.4 Å². The van der Waals surface area contributed by atoms with E-state index in [1.54, 1.807) is 0 Å². The number of hydrogen-bond donors (Lipinski definition) is 0. The van der Waals surface area contributed by atoms with E-state index in [4.69, 9.17) is 14.5 Å². The standard InChI is InChI=1S/C49H32BN3O2/c1-4-17-33(18-5-1)52(34-19-6-2-7-20-34)40-31-44-47(38-25-12-10-23-36(38)40)50-48-39-26-13-11-24-37(39)41(32-45(48)55-43-28-16-27-42(54-44)49(43)50)53(35-21-8-3-9-22-35)46-29-14-15-30-51-46/h1-32H. The third-order valence-electron chi connectivity index (χ3n) is 10.8. The van der Waals surface area contributed by atoms with E-state index in [2.05, 4.69) is 174 Å². The van der Waals surface area contributed by atoms with Crippen molar-refractivity contribution < 1.29 is 9.47 Å². The molecule has 2 aliphatic rings. The predicted molar refractivity (Wildman–Crippen MR) is 226 cm³/mol. The minimum Gasteiger partial charge on any atom is -0.458 e. The van der Waals surface area contributed by atoms with Crippen LogP contribution in [0.2, 0.25) is 0 Å². The van der Waals surface area contributed by atoms with E-state index in [-0.39, 0.29) is 6.71 Å². The van der Waals surface area contributed by atoms with Crippen LogP contribution >= 0.6 is 0 Å². The summed E-state index contributed by atoms with van der Waals surface area (Å²) in [6.07, 6.45) is 1.84. The first-order valence-corrected chi connectivity index (χ1v) is 18.6. The van der Waals surface area contributed by atoms with Crippen LogP contribution < -0.4 is 35.7 Å². The zero-order chi connectivity index (χ0) is 36.3. The van der Waals surface area contributed by atoms with E-state index in [9.17, 15) is 0 Å². The highest BCUT2D eigenvalue weighted by Gasteiger charge is 2.43. The fraction of sp³-hybridized carbons (Fsp3) is 0. The summed E-state index contributed by atoms with van der Waals surface area (Å²) in [5, 5.41) is 4.50. The number of benzene rings is 8. The molecule has 55 heavy (non-hydrogen) atoms. The summed E-state index contributed by atoms with van der Waals surface area (Å²) >= 11 is 0. The highest BCUT2D eigenvalue weighted by atomic mass is 16.5. The second-order valence-corrected chi connectivity index (χ2v) is 13.9. The van der Waals surface area contributed by atoms with Crippen LogP contribution in [0, 0.1) is 0 Å². The maximum Gasteiger partial charge on any atom is 0.262 e. The summed E-state index contributed by atoms with van der Waals surface area (Å²) in [7, 11) is 0. The molecule has 2 aliphatic heterocycles. The van der Waals surface area contributed by atoms with Gasteiger partial charge in [0, 0.05) is 51.6 Å². The molecule has 9 aromatic rings. The van der Waals surface area contributed by atoms with Gasteiger partial charge in [0.1, 0.15) is 28.8 Å². The van der Waals surface area contributed by atoms with Gasteiger partial charge >= 0.3 is 0 Å². The number of fused-ring (bicyclic) bond motifs is 8. The molecule has 0 bridgehead atoms. The molecular weight excluding hydrogens is 673 g/mol. The van der Waals surface area contributed by atoms with Gasteiger partial charge in [-0.3, -0.25) is 4.90 Å². The average molecular weight is 706 g/mol. The maximum absolute atomic E-state index is 6.98. The number of aromatic nitrogens is 1. The molecule has 0 unspecified atom stereocenters. The molecule has 0 N–H and O–H groups in total. The molecule has 6 heteroatoms. The Hall–Kier alpha value is -7.31. The number of para-hydroxylation sites is 3. The minimum absolute atomic E-state index is 0.154. The predicted octanol–water partition coefficient (Wildman–Crippen LogP) is 11.1. The number of anilines is 6. The van der Waals surface area contributed by atoms with Crippen LogP contribution in [-0.2, 0) is 0 Å². The lowest BCUT2D eigenvalue weighted by Crippen LogP contribution is -2.58. The summed E-state index contributed by atoms with van der Waals surface area (Å²) in [6.45, 7) is -0.154. The van der Waals surface area contributed by atoms with Crippen molar-refractivity contribution in [1.82, 2.24) is 4.98 Å². The van der Waals surface area contributed by atoms with Gasteiger partial charge in [-0.15, -0.1) is 0 Å². The molecule has 11 rings (SSSR count). The number of pyridine rings is 1. The molecule has 258 valence electrons. The SMILES string of the molecule is c1ccc(N(c2ccccc2)c2cc3c(c4ccccc24)B2c4c(cccc4Oc4cc(N(c5ccccc5)c5ccccn5)c5ccccc5c42)O3)cc1. The van der Waals surface area contributed by atoms with Crippen molar-refractivity contribution >= 4 is 78.9 Å². The van der Waals surface area contributed by atoms with Crippen molar-refractivity contribution in [2.24, 2.45) is 0 Å². The lowest BCUT2D eigenvalue weighted by molar-refractivity contribution is 0.465. The van der Waals surface area contributed by atoms with Crippen molar-refractivity contribution in [2.75, 3.05) is 9.80 Å². The van der Waals surface area contributed by atoms with Gasteiger partial charge in [-0.25, -0.2) is 4.98 Å². The van der Waals surface area contributed by atoms with E-state index >= 15 is 0 Å². The maximum atomic E-state index is 6.98. The average Bonchev–Trinajstić information content (AvgIpc) is 3.25. The zero-order valence-corrected chi connectivity index (χ0v) is 29.7. The number of hydrogen-bond acceptors (Lipinski definition) is 5. The normalized spacial score (nSPS) is 12.3. The van der Waals surface area contributed by atoms with Crippen molar-refractivity contribution in [3.8, 4) is 23.0 Å². The highest BCUT2D eigenvalue weighted by Crippen LogP contribution is 2.46. The quantitative estimate of drug-likeness (QED) is 0.161. The molecule has 0 spiro atoms. The van der Waals surface area contributed by atoms with Crippen LogP contribution in [0.1, 0.15) is 0 Å².